The number of anilines is 2. The van der Waals surface area contributed by atoms with E-state index in [1.807, 2.05) is 67.5 Å². The Bertz CT molecular complexity index is 1980. The lowest BCUT2D eigenvalue weighted by molar-refractivity contribution is -0.150. The van der Waals surface area contributed by atoms with E-state index in [2.05, 4.69) is 59.8 Å². The molecule has 0 radical (unpaired) electrons. The van der Waals surface area contributed by atoms with Crippen LogP contribution in [-0.4, -0.2) is 97.1 Å². The van der Waals surface area contributed by atoms with Crippen molar-refractivity contribution in [1.82, 2.24) is 25.4 Å². The molecule has 0 spiro atoms. The molecule has 4 N–H and O–H groups in total. The summed E-state index contributed by atoms with van der Waals surface area (Å²) in [5.74, 6) is 2.58. The molecule has 2 fully saturated rings. The van der Waals surface area contributed by atoms with Crippen LogP contribution in [0.15, 0.2) is 53.9 Å². The third kappa shape index (κ3) is 13.3. The molecule has 63 heavy (non-hydrogen) atoms. The molecule has 5 unspecified atom stereocenters. The molecule has 3 aromatic rings. The number of hydrogen-bond donors (Lipinski definition) is 4. The number of aromatic nitrogens is 1. The number of carbonyl (C=O) groups is 4. The van der Waals surface area contributed by atoms with Crippen molar-refractivity contribution >= 4 is 46.5 Å². The zero-order valence-electron chi connectivity index (χ0n) is 38.3. The van der Waals surface area contributed by atoms with Crippen LogP contribution in [0.2, 0.25) is 0 Å². The third-order valence-electron chi connectivity index (χ3n) is 12.7. The number of fused-ring (bicyclic) bond motifs is 1. The highest BCUT2D eigenvalue weighted by atomic mass is 32.1. The van der Waals surface area contributed by atoms with Crippen LogP contribution in [0.3, 0.4) is 0 Å². The summed E-state index contributed by atoms with van der Waals surface area (Å²) >= 11 is 1.38. The van der Waals surface area contributed by atoms with Crippen LogP contribution in [0.5, 0.6) is 0 Å². The highest BCUT2D eigenvalue weighted by Gasteiger charge is 2.50. The van der Waals surface area contributed by atoms with Crippen LogP contribution in [0.25, 0.3) is 0 Å². The second-order valence-electron chi connectivity index (χ2n) is 17.3. The van der Waals surface area contributed by atoms with Gasteiger partial charge in [0.25, 0.3) is 5.91 Å². The molecular weight excluding hydrogens is 815 g/mol. The Morgan fingerprint density at radius 1 is 1.06 bits per heavy atom. The number of terminal acetylenes is 1. The predicted octanol–water partition coefficient (Wildman–Crippen LogP) is 8.04. The lowest BCUT2D eigenvalue weighted by Gasteiger charge is -2.49. The van der Waals surface area contributed by atoms with Crippen molar-refractivity contribution in [1.29, 1.82) is 0 Å². The number of methoxy groups -OCH3 is 1. The second-order valence-corrected chi connectivity index (χ2v) is 18.2. The first-order valence-electron chi connectivity index (χ1n) is 22.7. The summed E-state index contributed by atoms with van der Waals surface area (Å²) in [6.45, 7) is 9.98. The van der Waals surface area contributed by atoms with Crippen molar-refractivity contribution in [2.45, 2.75) is 129 Å². The second kappa shape index (κ2) is 24.2. The number of likely N-dealkylation sites (tertiary alicyclic amines) is 1. The van der Waals surface area contributed by atoms with Crippen LogP contribution >= 0.6 is 11.3 Å². The Morgan fingerprint density at radius 2 is 1.78 bits per heavy atom. The predicted molar refractivity (Wildman–Crippen MR) is 250 cm³/mol. The summed E-state index contributed by atoms with van der Waals surface area (Å²) in [6.07, 6.45) is 12.2. The molecule has 14 heteroatoms. The Hall–Kier alpha value is -4.97. The molecule has 2 aliphatic heterocycles. The lowest BCUT2D eigenvalue weighted by atomic mass is 9.71. The van der Waals surface area contributed by atoms with E-state index in [4.69, 9.17) is 20.9 Å². The van der Waals surface area contributed by atoms with Crippen molar-refractivity contribution < 1.29 is 28.7 Å². The van der Waals surface area contributed by atoms with Crippen LogP contribution in [-0.2, 0) is 32.1 Å². The topological polar surface area (TPSA) is 154 Å². The fraction of sp³-hybridized carbons (Fsp3) is 0.571. The fourth-order valence-electron chi connectivity index (χ4n) is 9.28. The molecule has 13 nitrogen and oxygen atoms in total. The minimum Gasteiger partial charge on any atom is -0.444 e. The normalized spacial score (nSPS) is 20.1. The average Bonchev–Trinajstić information content (AvgIpc) is 3.77. The van der Waals surface area contributed by atoms with E-state index in [-0.39, 0.29) is 60.2 Å². The lowest BCUT2D eigenvalue weighted by Crippen LogP contribution is -2.67. The quantitative estimate of drug-likeness (QED) is 0.0580. The first-order valence-corrected chi connectivity index (χ1v) is 23.6. The first kappa shape index (κ1) is 49.1. The molecule has 0 bridgehead atoms. The van der Waals surface area contributed by atoms with Crippen molar-refractivity contribution in [3.8, 4) is 12.3 Å². The van der Waals surface area contributed by atoms with Gasteiger partial charge in [-0.15, -0.1) is 23.7 Å². The summed E-state index contributed by atoms with van der Waals surface area (Å²) in [5, 5.41) is 14.7. The van der Waals surface area contributed by atoms with Crippen LogP contribution in [0.1, 0.15) is 118 Å². The number of carbonyl (C=O) groups excluding carboxylic acids is 4. The number of rotatable bonds is 22. The van der Waals surface area contributed by atoms with Gasteiger partial charge in [0.05, 0.1) is 6.04 Å². The van der Waals surface area contributed by atoms with E-state index in [0.29, 0.717) is 42.2 Å². The summed E-state index contributed by atoms with van der Waals surface area (Å²) in [5.41, 5.74) is 3.81. The fourth-order valence-corrected chi connectivity index (χ4v) is 10.2. The van der Waals surface area contributed by atoms with Gasteiger partial charge in [0.15, 0.2) is 0 Å². The minimum absolute atomic E-state index is 0.0316. The van der Waals surface area contributed by atoms with E-state index in [9.17, 15) is 19.2 Å². The van der Waals surface area contributed by atoms with Crippen LogP contribution in [0.4, 0.5) is 16.2 Å². The summed E-state index contributed by atoms with van der Waals surface area (Å²) in [4.78, 5) is 63.5. The van der Waals surface area contributed by atoms with Gasteiger partial charge in [-0.1, -0.05) is 64.8 Å². The minimum atomic E-state index is -0.604. The first-order chi connectivity index (χ1) is 30.4. The smallest absolute Gasteiger partial charge is 0.411 e. The molecule has 2 aliphatic rings. The van der Waals surface area contributed by atoms with E-state index < -0.39 is 18.2 Å². The Morgan fingerprint density at radius 3 is 2.43 bits per heavy atom. The van der Waals surface area contributed by atoms with E-state index in [1.165, 1.54) is 11.3 Å². The van der Waals surface area contributed by atoms with Gasteiger partial charge in [-0.3, -0.25) is 24.6 Å². The summed E-state index contributed by atoms with van der Waals surface area (Å²) < 4.78 is 11.5. The molecule has 0 saturated carbocycles. The van der Waals surface area contributed by atoms with Crippen molar-refractivity contribution in [2.24, 2.45) is 17.8 Å². The molecule has 5 rings (SSSR count). The molecule has 7 atom stereocenters. The maximum Gasteiger partial charge on any atom is 0.411 e. The SMILES string of the molecule is C#CCCCCN(C(=O)[C@H]1NC(=O)C2C(CCCN2C)[C@H]1CC)C(CC(OC)c1nc(C(=O)NC(CCC)Cc2ccc(NC(=O)OCc3ccc(NC)cc3)cc2)cs1)C(C)C. The molecule has 2 aromatic carbocycles. The van der Waals surface area contributed by atoms with Crippen LogP contribution in [0, 0.1) is 30.1 Å². The van der Waals surface area contributed by atoms with Gasteiger partial charge in [-0.25, -0.2) is 9.78 Å². The number of unbranched alkanes of at least 4 members (excludes halogenated alkanes) is 2. The van der Waals surface area contributed by atoms with Gasteiger partial charge in [0.1, 0.15) is 29.5 Å². The Labute approximate surface area is 378 Å². The number of piperidine rings is 2. The van der Waals surface area contributed by atoms with Gasteiger partial charge >= 0.3 is 6.09 Å². The van der Waals surface area contributed by atoms with E-state index in [1.54, 1.807) is 12.5 Å². The number of hydrogen-bond acceptors (Lipinski definition) is 10. The van der Waals surface area contributed by atoms with Gasteiger partial charge in [-0.2, -0.15) is 0 Å². The molecule has 2 saturated heterocycles. The third-order valence-corrected chi connectivity index (χ3v) is 13.6. The maximum atomic E-state index is 14.8. The zero-order valence-corrected chi connectivity index (χ0v) is 39.1. The summed E-state index contributed by atoms with van der Waals surface area (Å²) in [7, 11) is 5.50. The number of thiazole rings is 1. The highest BCUT2D eigenvalue weighted by Crippen LogP contribution is 2.38. The number of amides is 4. The number of ether oxygens (including phenoxy) is 2. The van der Waals surface area contributed by atoms with Crippen molar-refractivity contribution in [3.63, 3.8) is 0 Å². The number of likely N-dealkylation sites (N-methyl/N-ethyl adjacent to an activating group) is 1. The zero-order chi connectivity index (χ0) is 45.5. The standard InChI is InChI=1S/C49H69N7O6S/c1-9-12-13-14-27-56(48(59)43-38(11-3)39-17-15-26-55(7)44(39)46(58)54-43)41(32(4)5)29-42(61-8)47-53-40(31-63-47)45(57)51-37(16-10-2)28-33-18-24-36(25-19-33)52-49(60)62-30-34-20-22-35(50-6)23-21-34/h1,18-25,31-32,37-39,41-44,50H,10-17,26-30H2,2-8H3,(H,51,57)(H,52,60)(H,54,58)/t37?,38-,39?,41?,42?,43+,44?/m1/s1. The Kier molecular flexibility index (Phi) is 18.8. The molecular formula is C49H69N7O6S. The monoisotopic (exact) mass is 884 g/mol. The molecule has 1 aromatic heterocycles. The molecule has 3 heterocycles. The van der Waals surface area contributed by atoms with Gasteiger partial charge in [-0.05, 0) is 105 Å². The molecule has 342 valence electrons. The highest BCUT2D eigenvalue weighted by molar-refractivity contribution is 7.09. The van der Waals surface area contributed by atoms with E-state index in [0.717, 1.165) is 68.3 Å². The average molecular weight is 884 g/mol. The number of nitrogens with zero attached hydrogens (tertiary/aromatic N) is 3. The maximum absolute atomic E-state index is 14.8. The Balaban J connectivity index is 1.23. The van der Waals surface area contributed by atoms with Gasteiger partial charge in [0.2, 0.25) is 11.8 Å². The largest absolute Gasteiger partial charge is 0.444 e. The van der Waals surface area contributed by atoms with E-state index >= 15 is 0 Å². The summed E-state index contributed by atoms with van der Waals surface area (Å²) in [6, 6.07) is 14.0. The molecule has 4 amide bonds. The van der Waals surface area contributed by atoms with Gasteiger partial charge < -0.3 is 30.3 Å². The van der Waals surface area contributed by atoms with Crippen LogP contribution < -0.4 is 21.3 Å². The number of nitrogens with one attached hydrogen (secondary N) is 4. The van der Waals surface area contributed by atoms with Crippen molar-refractivity contribution in [2.75, 3.05) is 44.9 Å². The molecule has 0 aliphatic carbocycles. The number of benzene rings is 2. The van der Waals surface area contributed by atoms with Gasteiger partial charge in [0, 0.05) is 62.4 Å². The van der Waals surface area contributed by atoms with Crippen molar-refractivity contribution in [3.05, 3.63) is 75.7 Å².